The molecule has 0 fully saturated rings. The fourth-order valence-corrected chi connectivity index (χ4v) is 1.90. The quantitative estimate of drug-likeness (QED) is 0.803. The van der Waals surface area contributed by atoms with Crippen LogP contribution < -0.4 is 5.73 Å². The van der Waals surface area contributed by atoms with Crippen LogP contribution in [0.1, 0.15) is 5.56 Å². The number of carbonyl (C=O) groups is 1. The highest BCUT2D eigenvalue weighted by Gasteiger charge is 2.15. The number of aromatic amines is 1. The van der Waals surface area contributed by atoms with Gasteiger partial charge in [-0.15, -0.1) is 12.4 Å². The lowest BCUT2D eigenvalue weighted by Crippen LogP contribution is -2.32. The summed E-state index contributed by atoms with van der Waals surface area (Å²) in [5, 5.41) is 10.3. The highest BCUT2D eigenvalue weighted by atomic mass is 35.5. The number of hydrogen-bond donors (Lipinski definition) is 3. The van der Waals surface area contributed by atoms with Crippen LogP contribution in [0.15, 0.2) is 24.4 Å². The first kappa shape index (κ1) is 13.8. The molecule has 2 rings (SSSR count). The molecular formula is C11H12Cl2N2O2. The van der Waals surface area contributed by atoms with Crippen molar-refractivity contribution in [1.82, 2.24) is 4.98 Å². The summed E-state index contributed by atoms with van der Waals surface area (Å²) in [6.45, 7) is 0. The van der Waals surface area contributed by atoms with E-state index in [1.807, 2.05) is 12.1 Å². The Morgan fingerprint density at radius 1 is 1.53 bits per heavy atom. The van der Waals surface area contributed by atoms with Crippen LogP contribution in [0.4, 0.5) is 0 Å². The third-order valence-corrected chi connectivity index (χ3v) is 2.82. The van der Waals surface area contributed by atoms with Crippen molar-refractivity contribution in [2.45, 2.75) is 12.5 Å². The van der Waals surface area contributed by atoms with Crippen molar-refractivity contribution in [1.29, 1.82) is 0 Å². The zero-order chi connectivity index (χ0) is 11.7. The van der Waals surface area contributed by atoms with Gasteiger partial charge in [0.15, 0.2) is 0 Å². The largest absolute Gasteiger partial charge is 0.480 e. The Morgan fingerprint density at radius 2 is 2.24 bits per heavy atom. The van der Waals surface area contributed by atoms with Crippen LogP contribution in [-0.2, 0) is 11.2 Å². The van der Waals surface area contributed by atoms with Crippen molar-refractivity contribution in [3.05, 3.63) is 35.0 Å². The van der Waals surface area contributed by atoms with Crippen LogP contribution in [0.5, 0.6) is 0 Å². The van der Waals surface area contributed by atoms with Gasteiger partial charge in [-0.3, -0.25) is 4.79 Å². The number of nitrogens with two attached hydrogens (primary N) is 1. The van der Waals surface area contributed by atoms with Gasteiger partial charge in [-0.2, -0.15) is 0 Å². The number of fused-ring (bicyclic) bond motifs is 1. The van der Waals surface area contributed by atoms with E-state index in [1.54, 1.807) is 12.3 Å². The summed E-state index contributed by atoms with van der Waals surface area (Å²) in [5.74, 6) is -1.00. The molecular weight excluding hydrogens is 263 g/mol. The Balaban J connectivity index is 0.00000144. The summed E-state index contributed by atoms with van der Waals surface area (Å²) in [7, 11) is 0. The van der Waals surface area contributed by atoms with Gasteiger partial charge in [0.25, 0.3) is 0 Å². The minimum absolute atomic E-state index is 0. The molecule has 1 atom stereocenters. The SMILES string of the molecule is Cl.N[C@H](Cc1c[nH]c2c(Cl)cccc12)C(=O)O. The molecule has 0 bridgehead atoms. The first-order valence-corrected chi connectivity index (χ1v) is 5.20. The zero-order valence-electron chi connectivity index (χ0n) is 8.81. The molecule has 0 aliphatic heterocycles. The second-order valence-corrected chi connectivity index (χ2v) is 4.03. The lowest BCUT2D eigenvalue weighted by Gasteiger charge is -2.04. The molecule has 4 N–H and O–H groups in total. The lowest BCUT2D eigenvalue weighted by atomic mass is 10.1. The topological polar surface area (TPSA) is 79.1 Å². The summed E-state index contributed by atoms with van der Waals surface area (Å²) in [6, 6.07) is 4.61. The fourth-order valence-electron chi connectivity index (χ4n) is 1.67. The average Bonchev–Trinajstić information content (AvgIpc) is 2.63. The Bertz CT molecular complexity index is 539. The summed E-state index contributed by atoms with van der Waals surface area (Å²) in [6.07, 6.45) is 2.04. The maximum Gasteiger partial charge on any atom is 0.320 e. The van der Waals surface area contributed by atoms with Gasteiger partial charge in [-0.25, -0.2) is 0 Å². The molecule has 1 aromatic heterocycles. The highest BCUT2D eigenvalue weighted by Crippen LogP contribution is 2.25. The van der Waals surface area contributed by atoms with Crippen LogP contribution in [0.3, 0.4) is 0 Å². The Hall–Kier alpha value is -1.23. The maximum atomic E-state index is 10.7. The van der Waals surface area contributed by atoms with Crippen LogP contribution >= 0.6 is 24.0 Å². The van der Waals surface area contributed by atoms with E-state index in [0.717, 1.165) is 16.5 Å². The molecule has 2 aromatic rings. The number of H-pyrrole nitrogens is 1. The molecule has 0 amide bonds. The summed E-state index contributed by atoms with van der Waals surface area (Å²) >= 11 is 5.99. The molecule has 17 heavy (non-hydrogen) atoms. The van der Waals surface area contributed by atoms with Crippen molar-refractivity contribution >= 4 is 40.9 Å². The molecule has 1 heterocycles. The van der Waals surface area contributed by atoms with E-state index >= 15 is 0 Å². The molecule has 6 heteroatoms. The van der Waals surface area contributed by atoms with Gasteiger partial charge in [0, 0.05) is 18.0 Å². The molecule has 0 saturated carbocycles. The van der Waals surface area contributed by atoms with Gasteiger partial charge < -0.3 is 15.8 Å². The van der Waals surface area contributed by atoms with Crippen molar-refractivity contribution in [3.63, 3.8) is 0 Å². The smallest absolute Gasteiger partial charge is 0.320 e. The van der Waals surface area contributed by atoms with E-state index < -0.39 is 12.0 Å². The number of carboxylic acid groups (broad SMARTS) is 1. The number of hydrogen-bond acceptors (Lipinski definition) is 2. The van der Waals surface area contributed by atoms with E-state index in [4.69, 9.17) is 22.4 Å². The number of aliphatic carboxylic acids is 1. The average molecular weight is 275 g/mol. The molecule has 0 unspecified atom stereocenters. The van der Waals surface area contributed by atoms with E-state index in [9.17, 15) is 4.79 Å². The Morgan fingerprint density at radius 3 is 2.88 bits per heavy atom. The molecule has 0 aliphatic carbocycles. The first-order valence-electron chi connectivity index (χ1n) is 4.82. The molecule has 92 valence electrons. The fraction of sp³-hybridized carbons (Fsp3) is 0.182. The number of para-hydroxylation sites is 1. The van der Waals surface area contributed by atoms with Gasteiger partial charge in [0.05, 0.1) is 10.5 Å². The van der Waals surface area contributed by atoms with Gasteiger partial charge in [-0.05, 0) is 11.6 Å². The van der Waals surface area contributed by atoms with Crippen LogP contribution in [0.25, 0.3) is 10.9 Å². The third-order valence-electron chi connectivity index (χ3n) is 2.51. The predicted octanol–water partition coefficient (Wildman–Crippen LogP) is 2.20. The van der Waals surface area contributed by atoms with Gasteiger partial charge >= 0.3 is 5.97 Å². The van der Waals surface area contributed by atoms with Crippen molar-refractivity contribution in [3.8, 4) is 0 Å². The minimum atomic E-state index is -1.00. The van der Waals surface area contributed by atoms with Gasteiger partial charge in [-0.1, -0.05) is 23.7 Å². The molecule has 4 nitrogen and oxygen atoms in total. The molecule has 0 radical (unpaired) electrons. The first-order chi connectivity index (χ1) is 7.59. The van der Waals surface area contributed by atoms with Gasteiger partial charge in [0.2, 0.25) is 0 Å². The lowest BCUT2D eigenvalue weighted by molar-refractivity contribution is -0.138. The Kier molecular flexibility index (Phi) is 4.40. The second kappa shape index (κ2) is 5.40. The number of carboxylic acids is 1. The number of rotatable bonds is 3. The number of aromatic nitrogens is 1. The van der Waals surface area contributed by atoms with Crippen molar-refractivity contribution < 1.29 is 9.90 Å². The predicted molar refractivity (Wildman–Crippen MR) is 69.9 cm³/mol. The highest BCUT2D eigenvalue weighted by molar-refractivity contribution is 6.35. The minimum Gasteiger partial charge on any atom is -0.480 e. The maximum absolute atomic E-state index is 10.7. The Labute approximate surface area is 109 Å². The van der Waals surface area contributed by atoms with E-state index in [2.05, 4.69) is 4.98 Å². The third kappa shape index (κ3) is 2.72. The van der Waals surface area contributed by atoms with E-state index in [0.29, 0.717) is 5.02 Å². The van der Waals surface area contributed by atoms with Gasteiger partial charge in [0.1, 0.15) is 6.04 Å². The van der Waals surface area contributed by atoms with E-state index in [1.165, 1.54) is 0 Å². The molecule has 0 spiro atoms. The van der Waals surface area contributed by atoms with Crippen LogP contribution in [-0.4, -0.2) is 22.1 Å². The summed E-state index contributed by atoms with van der Waals surface area (Å²) < 4.78 is 0. The zero-order valence-corrected chi connectivity index (χ0v) is 10.4. The molecule has 1 aromatic carbocycles. The standard InChI is InChI=1S/C11H11ClN2O2.ClH/c12-8-3-1-2-7-6(5-14-10(7)8)4-9(13)11(15)16;/h1-3,5,9,14H,4,13H2,(H,15,16);1H/t9-;/m1./s1. The number of nitrogens with one attached hydrogen (secondary N) is 1. The second-order valence-electron chi connectivity index (χ2n) is 3.63. The molecule has 0 saturated heterocycles. The van der Waals surface area contributed by atoms with Crippen LogP contribution in [0.2, 0.25) is 5.02 Å². The van der Waals surface area contributed by atoms with Crippen LogP contribution in [0, 0.1) is 0 Å². The normalized spacial score (nSPS) is 12.1. The van der Waals surface area contributed by atoms with Crippen molar-refractivity contribution in [2.24, 2.45) is 5.73 Å². The van der Waals surface area contributed by atoms with Crippen molar-refractivity contribution in [2.75, 3.05) is 0 Å². The monoisotopic (exact) mass is 274 g/mol. The summed E-state index contributed by atoms with van der Waals surface area (Å²) in [4.78, 5) is 13.7. The number of halogens is 2. The summed E-state index contributed by atoms with van der Waals surface area (Å²) in [5.41, 5.74) is 7.17. The van der Waals surface area contributed by atoms with E-state index in [-0.39, 0.29) is 18.8 Å². The number of benzene rings is 1. The molecule has 0 aliphatic rings.